The number of anilines is 1. The summed E-state index contributed by atoms with van der Waals surface area (Å²) in [4.78, 5) is 68.5. The topological polar surface area (TPSA) is 229 Å². The predicted molar refractivity (Wildman–Crippen MR) is 231 cm³/mol. The van der Waals surface area contributed by atoms with E-state index in [0.29, 0.717) is 76.6 Å². The summed E-state index contributed by atoms with van der Waals surface area (Å²) in [7, 11) is 0. The minimum Gasteiger partial charge on any atom is -0.508 e. The maximum atomic E-state index is 15.6. The quantitative estimate of drug-likeness (QED) is 0.105. The van der Waals surface area contributed by atoms with Gasteiger partial charge in [-0.3, -0.25) is 29.9 Å². The highest BCUT2D eigenvalue weighted by atomic mass is 19.1. The summed E-state index contributed by atoms with van der Waals surface area (Å²) in [6.45, 7) is 9.10. The van der Waals surface area contributed by atoms with Gasteiger partial charge in [0, 0.05) is 74.1 Å². The van der Waals surface area contributed by atoms with Gasteiger partial charge in [-0.25, -0.2) is 18.5 Å². The Morgan fingerprint density at radius 1 is 0.923 bits per heavy atom. The van der Waals surface area contributed by atoms with Crippen LogP contribution >= 0.6 is 0 Å². The number of nitrogens with zero attached hydrogens (tertiary/aromatic N) is 6. The van der Waals surface area contributed by atoms with Crippen LogP contribution in [0.15, 0.2) is 60.7 Å². The van der Waals surface area contributed by atoms with Crippen molar-refractivity contribution >= 4 is 35.6 Å². The summed E-state index contributed by atoms with van der Waals surface area (Å²) in [5, 5.41) is 44.3. The van der Waals surface area contributed by atoms with Crippen LogP contribution in [0.1, 0.15) is 76.3 Å². The van der Waals surface area contributed by atoms with Crippen molar-refractivity contribution < 1.29 is 53.2 Å². The molecule has 19 heteroatoms. The molecule has 5 N–H and O–H groups in total. The first-order valence-electron chi connectivity index (χ1n) is 21.0. The van der Waals surface area contributed by atoms with Gasteiger partial charge in [0.25, 0.3) is 5.91 Å². The van der Waals surface area contributed by atoms with Gasteiger partial charge in [-0.1, -0.05) is 31.1 Å². The fraction of sp³-hybridized carbons (Fsp3) is 0.326. The fourth-order valence-corrected chi connectivity index (χ4v) is 8.49. The molecule has 338 valence electrons. The van der Waals surface area contributed by atoms with Crippen LogP contribution in [0.25, 0.3) is 17.1 Å². The summed E-state index contributed by atoms with van der Waals surface area (Å²) in [6.07, 6.45) is -0.956. The number of piperidine rings is 1. The third-order valence-corrected chi connectivity index (χ3v) is 11.9. The van der Waals surface area contributed by atoms with E-state index >= 15 is 4.39 Å². The molecule has 5 amide bonds. The van der Waals surface area contributed by atoms with Gasteiger partial charge in [-0.2, -0.15) is 0 Å². The molecular formula is C46H47FN8O10. The van der Waals surface area contributed by atoms with E-state index < -0.39 is 36.0 Å². The van der Waals surface area contributed by atoms with Gasteiger partial charge in [-0.15, -0.1) is 5.10 Å². The Labute approximate surface area is 372 Å². The Morgan fingerprint density at radius 2 is 1.66 bits per heavy atom. The van der Waals surface area contributed by atoms with Gasteiger partial charge < -0.3 is 34.6 Å². The van der Waals surface area contributed by atoms with Crippen LogP contribution in [0.2, 0.25) is 0 Å². The van der Waals surface area contributed by atoms with E-state index in [1.165, 1.54) is 21.6 Å². The molecule has 2 fully saturated rings. The summed E-state index contributed by atoms with van der Waals surface area (Å²) in [5.74, 6) is -1.84. The van der Waals surface area contributed by atoms with Crippen molar-refractivity contribution in [3.8, 4) is 40.3 Å². The number of piperazine rings is 1. The Balaban J connectivity index is 0.833. The number of fused-ring (bicyclic) bond motifs is 1. The molecule has 0 bridgehead atoms. The molecule has 0 spiro atoms. The molecule has 18 nitrogen and oxygen atoms in total. The van der Waals surface area contributed by atoms with E-state index in [2.05, 4.69) is 20.8 Å². The number of aromatic hydroxyl groups is 3. The van der Waals surface area contributed by atoms with E-state index in [9.17, 15) is 39.3 Å². The van der Waals surface area contributed by atoms with Crippen LogP contribution in [0.3, 0.4) is 0 Å². The van der Waals surface area contributed by atoms with Crippen molar-refractivity contribution in [2.45, 2.75) is 72.2 Å². The largest absolute Gasteiger partial charge is 0.508 e. The van der Waals surface area contributed by atoms with Crippen molar-refractivity contribution in [3.05, 3.63) is 105 Å². The zero-order valence-electron chi connectivity index (χ0n) is 36.1. The number of nitrogens with one attached hydrogen (secondary N) is 2. The van der Waals surface area contributed by atoms with E-state index in [4.69, 9.17) is 9.47 Å². The number of imide groups is 1. The third kappa shape index (κ3) is 8.99. The monoisotopic (exact) mass is 890 g/mol. The Bertz CT molecular complexity index is 2720. The average Bonchev–Trinajstić information content (AvgIpc) is 3.81. The lowest BCUT2D eigenvalue weighted by molar-refractivity contribution is -0.136. The van der Waals surface area contributed by atoms with E-state index in [1.807, 2.05) is 18.7 Å². The number of rotatable bonds is 10. The number of carbonyl (C=O) groups excluding carboxylic acids is 5. The van der Waals surface area contributed by atoms with Crippen LogP contribution < -0.4 is 15.4 Å². The summed E-state index contributed by atoms with van der Waals surface area (Å²) < 4.78 is 28.2. The zero-order chi connectivity index (χ0) is 46.3. The predicted octanol–water partition coefficient (Wildman–Crippen LogP) is 5.76. The first-order valence-corrected chi connectivity index (χ1v) is 21.0. The van der Waals surface area contributed by atoms with E-state index in [1.54, 1.807) is 67.3 Å². The van der Waals surface area contributed by atoms with Crippen LogP contribution in [-0.4, -0.2) is 107 Å². The molecule has 0 aliphatic carbocycles. The molecule has 1 unspecified atom stereocenters. The van der Waals surface area contributed by atoms with Crippen molar-refractivity contribution in [3.63, 3.8) is 0 Å². The third-order valence-electron chi connectivity index (χ3n) is 11.9. The minimum atomic E-state index is -0.793. The zero-order valence-corrected chi connectivity index (χ0v) is 36.1. The maximum Gasteiger partial charge on any atom is 0.415 e. The molecular weight excluding hydrogens is 844 g/mol. The number of aromatic nitrogens is 3. The maximum absolute atomic E-state index is 15.6. The summed E-state index contributed by atoms with van der Waals surface area (Å²) in [5.41, 5.74) is 4.56. The molecule has 1 aromatic heterocycles. The highest BCUT2D eigenvalue weighted by molar-refractivity contribution is 6.06. The molecule has 3 aliphatic rings. The van der Waals surface area contributed by atoms with E-state index in [0.717, 1.165) is 0 Å². The van der Waals surface area contributed by atoms with Crippen molar-refractivity contribution in [1.29, 1.82) is 0 Å². The second kappa shape index (κ2) is 17.9. The molecule has 8 rings (SSSR count). The Kier molecular flexibility index (Phi) is 12.1. The number of benzene rings is 4. The first kappa shape index (κ1) is 44.1. The molecule has 2 saturated heterocycles. The number of phenols is 2. The van der Waals surface area contributed by atoms with Gasteiger partial charge in [0.15, 0.2) is 5.82 Å². The van der Waals surface area contributed by atoms with Crippen molar-refractivity contribution in [2.75, 3.05) is 31.5 Å². The molecule has 5 aromatic rings. The lowest BCUT2D eigenvalue weighted by Crippen LogP contribution is -2.52. The lowest BCUT2D eigenvalue weighted by atomic mass is 9.98. The smallest absolute Gasteiger partial charge is 0.415 e. The Morgan fingerprint density at radius 3 is 2.35 bits per heavy atom. The fourth-order valence-electron chi connectivity index (χ4n) is 8.49. The second-order valence-corrected chi connectivity index (χ2v) is 16.6. The van der Waals surface area contributed by atoms with Gasteiger partial charge in [0.2, 0.25) is 11.8 Å². The summed E-state index contributed by atoms with van der Waals surface area (Å²) >= 11 is 0. The highest BCUT2D eigenvalue weighted by Gasteiger charge is 2.40. The van der Waals surface area contributed by atoms with Crippen LogP contribution in [-0.2, 0) is 34.0 Å². The van der Waals surface area contributed by atoms with Crippen LogP contribution in [0, 0.1) is 19.7 Å². The van der Waals surface area contributed by atoms with Gasteiger partial charge in [-0.05, 0) is 90.9 Å². The molecule has 1 atom stereocenters. The van der Waals surface area contributed by atoms with Gasteiger partial charge >= 0.3 is 18.2 Å². The molecule has 0 saturated carbocycles. The molecule has 3 aliphatic heterocycles. The first-order chi connectivity index (χ1) is 31.1. The molecule has 4 heterocycles. The minimum absolute atomic E-state index is 0.0598. The average molecular weight is 891 g/mol. The van der Waals surface area contributed by atoms with E-state index in [-0.39, 0.29) is 78.8 Å². The number of aryl methyl sites for hydroxylation is 2. The lowest BCUT2D eigenvalue weighted by Gasteiger charge is -2.34. The van der Waals surface area contributed by atoms with Gasteiger partial charge in [0.05, 0.1) is 11.3 Å². The van der Waals surface area contributed by atoms with Crippen LogP contribution in [0.4, 0.5) is 19.7 Å². The highest BCUT2D eigenvalue weighted by Crippen LogP contribution is 2.39. The Hall–Kier alpha value is -7.54. The number of halogens is 1. The number of carbonyl (C=O) groups is 5. The molecule has 0 radical (unpaired) electrons. The second-order valence-electron chi connectivity index (χ2n) is 16.6. The summed E-state index contributed by atoms with van der Waals surface area (Å²) in [6, 6.07) is 14.3. The van der Waals surface area contributed by atoms with Crippen molar-refractivity contribution in [1.82, 2.24) is 34.8 Å². The number of phenolic OH excluding ortho intramolecular Hbond substituents is 2. The number of amides is 5. The molecule has 4 aromatic carbocycles. The van der Waals surface area contributed by atoms with Crippen molar-refractivity contribution in [2.24, 2.45) is 0 Å². The SMILES string of the molecule is Cc1cc(COC(=O)Nc2cccc3c2CN(C2CCC(=O)NC2=O)C3=O)cc(C)c1OC(=O)N1CCN(Cc2ccc(-n3c(O)nnc3-c3cc(C(C)C)c(O)cc3O)cc2F)CC1. The number of hydrogen-bond donors (Lipinski definition) is 5. The number of hydrogen-bond acceptors (Lipinski definition) is 13. The van der Waals surface area contributed by atoms with Crippen LogP contribution in [0.5, 0.6) is 23.3 Å². The normalized spacial score (nSPS) is 16.5. The molecule has 65 heavy (non-hydrogen) atoms. The van der Waals surface area contributed by atoms with Gasteiger partial charge in [0.1, 0.15) is 35.7 Å². The standard InChI is InChI=1S/C46H47FN8O10/c1-24(2)31-19-32(38(57)20-37(31)56)41-50-51-44(61)55(41)29-9-8-28(34(47)18-29)21-52-12-14-53(15-13-52)46(63)65-40-25(3)16-27(17-26(40)4)23-64-45(62)48-35-7-5-6-30-33(35)22-54(43(30)60)36-10-11-39(58)49-42(36)59/h5-9,16-20,24,36,56-57H,10-15,21-23H2,1-4H3,(H,48,62)(H,51,61)(H,49,58,59). The number of ether oxygens (including phenoxy) is 2.